The number of amidine groups is 1. The fourth-order valence-corrected chi connectivity index (χ4v) is 5.30. The largest absolute Gasteiger partial charge is 0.359 e. The molecule has 0 aromatic heterocycles. The van der Waals surface area contributed by atoms with Gasteiger partial charge in [0, 0.05) is 17.8 Å². The van der Waals surface area contributed by atoms with Gasteiger partial charge in [-0.15, -0.1) is 0 Å². The molecule has 2 nitrogen and oxygen atoms in total. The van der Waals surface area contributed by atoms with Crippen LogP contribution in [0.5, 0.6) is 0 Å². The van der Waals surface area contributed by atoms with E-state index in [0.717, 1.165) is 18.4 Å². The highest BCUT2D eigenvalue weighted by molar-refractivity contribution is 8.14. The fraction of sp³-hybridized carbons (Fsp3) is 0.941. The molecular formula is C17H30N2S. The molecule has 1 saturated heterocycles. The molecule has 3 heteroatoms. The molecule has 0 radical (unpaired) electrons. The maximum atomic E-state index is 4.85. The zero-order chi connectivity index (χ0) is 13.8. The molecule has 3 aliphatic rings. The third kappa shape index (κ3) is 3.72. The minimum Gasteiger partial charge on any atom is -0.359 e. The highest BCUT2D eigenvalue weighted by Gasteiger charge is 2.37. The lowest BCUT2D eigenvalue weighted by molar-refractivity contribution is 0.280. The summed E-state index contributed by atoms with van der Waals surface area (Å²) in [6.45, 7) is 3.45. The standard InChI is InChI=1S/C17H30N2S/c1-14-5-7-15(8-6-14)9-12-18-16-19-17(13-20-16)10-3-2-4-11-17/h14-15H,2-13H2,1H3,(H,18,19). The molecule has 0 aromatic carbocycles. The lowest BCUT2D eigenvalue weighted by atomic mass is 9.81. The average molecular weight is 295 g/mol. The van der Waals surface area contributed by atoms with Crippen molar-refractivity contribution in [3.05, 3.63) is 0 Å². The Morgan fingerprint density at radius 2 is 1.90 bits per heavy atom. The number of nitrogens with one attached hydrogen (secondary N) is 1. The van der Waals surface area contributed by atoms with Crippen molar-refractivity contribution in [1.82, 2.24) is 5.32 Å². The quantitative estimate of drug-likeness (QED) is 0.822. The van der Waals surface area contributed by atoms with Crippen LogP contribution in [0.1, 0.15) is 71.1 Å². The van der Waals surface area contributed by atoms with Crippen LogP contribution in [0.15, 0.2) is 4.99 Å². The van der Waals surface area contributed by atoms with Crippen LogP contribution >= 0.6 is 11.8 Å². The summed E-state index contributed by atoms with van der Waals surface area (Å²) in [6.07, 6.45) is 14.0. The molecule has 0 bridgehead atoms. The summed E-state index contributed by atoms with van der Waals surface area (Å²) in [5.41, 5.74) is 0.419. The molecular weight excluding hydrogens is 264 g/mol. The minimum absolute atomic E-state index is 0.419. The molecule has 2 aliphatic carbocycles. The second kappa shape index (κ2) is 6.72. The number of rotatable bonds is 3. The predicted molar refractivity (Wildman–Crippen MR) is 89.5 cm³/mol. The van der Waals surface area contributed by atoms with Gasteiger partial charge in [-0.2, -0.15) is 0 Å². The maximum absolute atomic E-state index is 4.85. The molecule has 2 saturated carbocycles. The molecule has 0 amide bonds. The Morgan fingerprint density at radius 1 is 1.15 bits per heavy atom. The van der Waals surface area contributed by atoms with Gasteiger partial charge in [-0.3, -0.25) is 4.99 Å². The van der Waals surface area contributed by atoms with Crippen molar-refractivity contribution in [2.24, 2.45) is 16.8 Å². The van der Waals surface area contributed by atoms with Crippen molar-refractivity contribution in [1.29, 1.82) is 0 Å². The van der Waals surface area contributed by atoms with Gasteiger partial charge in [-0.05, 0) is 31.1 Å². The maximum Gasteiger partial charge on any atom is 0.157 e. The molecule has 1 N–H and O–H groups in total. The van der Waals surface area contributed by atoms with E-state index in [2.05, 4.69) is 12.2 Å². The smallest absolute Gasteiger partial charge is 0.157 e. The molecule has 20 heavy (non-hydrogen) atoms. The van der Waals surface area contributed by atoms with E-state index in [-0.39, 0.29) is 0 Å². The molecule has 0 atom stereocenters. The number of thioether (sulfide) groups is 1. The van der Waals surface area contributed by atoms with Gasteiger partial charge in [0.05, 0.1) is 0 Å². The summed E-state index contributed by atoms with van der Waals surface area (Å²) in [5.74, 6) is 3.17. The zero-order valence-electron chi connectivity index (χ0n) is 13.0. The van der Waals surface area contributed by atoms with E-state index in [1.807, 2.05) is 11.8 Å². The Kier molecular flexibility index (Phi) is 4.95. The van der Waals surface area contributed by atoms with Crippen molar-refractivity contribution in [2.75, 3.05) is 12.3 Å². The van der Waals surface area contributed by atoms with Gasteiger partial charge in [0.25, 0.3) is 0 Å². The average Bonchev–Trinajstić information content (AvgIpc) is 2.85. The van der Waals surface area contributed by atoms with Gasteiger partial charge in [0.1, 0.15) is 0 Å². The van der Waals surface area contributed by atoms with E-state index in [4.69, 9.17) is 4.99 Å². The summed E-state index contributed by atoms with van der Waals surface area (Å²) in [7, 11) is 0. The SMILES string of the molecule is CC1CCC(CCN=C2NC3(CCCCC3)CS2)CC1. The normalized spacial score (nSPS) is 35.4. The summed E-state index contributed by atoms with van der Waals surface area (Å²) >= 11 is 1.97. The fourth-order valence-electron chi connectivity index (χ4n) is 4.06. The first-order valence-electron chi connectivity index (χ1n) is 8.71. The molecule has 3 rings (SSSR count). The molecule has 0 aromatic rings. The van der Waals surface area contributed by atoms with Gasteiger partial charge < -0.3 is 5.32 Å². The van der Waals surface area contributed by atoms with Crippen molar-refractivity contribution < 1.29 is 0 Å². The van der Waals surface area contributed by atoms with Crippen LogP contribution < -0.4 is 5.32 Å². The van der Waals surface area contributed by atoms with Crippen LogP contribution in [-0.4, -0.2) is 23.0 Å². The van der Waals surface area contributed by atoms with Crippen molar-refractivity contribution in [3.63, 3.8) is 0 Å². The number of nitrogens with zero attached hydrogens (tertiary/aromatic N) is 1. The first-order chi connectivity index (χ1) is 9.76. The number of hydrogen-bond donors (Lipinski definition) is 1. The van der Waals surface area contributed by atoms with E-state index in [9.17, 15) is 0 Å². The molecule has 3 fully saturated rings. The number of aliphatic imine (C=N–C) groups is 1. The summed E-state index contributed by atoms with van der Waals surface area (Å²) in [6, 6.07) is 0. The third-order valence-corrected chi connectivity index (χ3v) is 6.80. The van der Waals surface area contributed by atoms with Crippen LogP contribution in [0.4, 0.5) is 0 Å². The summed E-state index contributed by atoms with van der Waals surface area (Å²) in [5, 5.41) is 5.01. The zero-order valence-corrected chi connectivity index (χ0v) is 13.8. The van der Waals surface area contributed by atoms with E-state index in [1.165, 1.54) is 75.1 Å². The first-order valence-corrected chi connectivity index (χ1v) is 9.70. The molecule has 1 spiro atoms. The van der Waals surface area contributed by atoms with E-state index in [0.29, 0.717) is 5.54 Å². The van der Waals surface area contributed by atoms with E-state index in [1.54, 1.807) is 0 Å². The number of hydrogen-bond acceptors (Lipinski definition) is 2. The highest BCUT2D eigenvalue weighted by Crippen LogP contribution is 2.36. The van der Waals surface area contributed by atoms with Crippen molar-refractivity contribution >= 4 is 16.9 Å². The predicted octanol–water partition coefficient (Wildman–Crippen LogP) is 4.60. The lowest BCUT2D eigenvalue weighted by Crippen LogP contribution is -2.45. The van der Waals surface area contributed by atoms with Gasteiger partial charge in [0.2, 0.25) is 0 Å². The van der Waals surface area contributed by atoms with Crippen molar-refractivity contribution in [2.45, 2.75) is 76.7 Å². The Bertz CT molecular complexity index is 339. The monoisotopic (exact) mass is 294 g/mol. The van der Waals surface area contributed by atoms with Crippen LogP contribution in [-0.2, 0) is 0 Å². The summed E-state index contributed by atoms with van der Waals surface area (Å²) < 4.78 is 0. The topological polar surface area (TPSA) is 24.4 Å². The molecule has 1 heterocycles. The molecule has 114 valence electrons. The van der Waals surface area contributed by atoms with E-state index < -0.39 is 0 Å². The Labute approximate surface area is 128 Å². The van der Waals surface area contributed by atoms with Gasteiger partial charge in [-0.25, -0.2) is 0 Å². The molecule has 1 aliphatic heterocycles. The second-order valence-electron chi connectivity index (χ2n) is 7.36. The van der Waals surface area contributed by atoms with Crippen LogP contribution in [0.25, 0.3) is 0 Å². The summed E-state index contributed by atoms with van der Waals surface area (Å²) in [4.78, 5) is 4.85. The van der Waals surface area contributed by atoms with Crippen LogP contribution in [0, 0.1) is 11.8 Å². The van der Waals surface area contributed by atoms with Crippen LogP contribution in [0.2, 0.25) is 0 Å². The van der Waals surface area contributed by atoms with Crippen LogP contribution in [0.3, 0.4) is 0 Å². The Hall–Kier alpha value is -0.180. The van der Waals surface area contributed by atoms with Gasteiger partial charge in [0.15, 0.2) is 5.17 Å². The minimum atomic E-state index is 0.419. The van der Waals surface area contributed by atoms with Crippen molar-refractivity contribution in [3.8, 4) is 0 Å². The first kappa shape index (κ1) is 14.7. The Morgan fingerprint density at radius 3 is 2.65 bits per heavy atom. The Balaban J connectivity index is 1.41. The molecule has 0 unspecified atom stereocenters. The highest BCUT2D eigenvalue weighted by atomic mass is 32.2. The van der Waals surface area contributed by atoms with E-state index >= 15 is 0 Å². The van der Waals surface area contributed by atoms with Gasteiger partial charge in [-0.1, -0.05) is 63.6 Å². The second-order valence-corrected chi connectivity index (χ2v) is 8.32. The lowest BCUT2D eigenvalue weighted by Gasteiger charge is -2.32. The van der Waals surface area contributed by atoms with Gasteiger partial charge >= 0.3 is 0 Å². The third-order valence-electron chi connectivity index (χ3n) is 5.60.